The molecule has 0 amide bonds. The third-order valence-electron chi connectivity index (χ3n) is 2.83. The molecule has 0 bridgehead atoms. The van der Waals surface area contributed by atoms with Gasteiger partial charge in [0.2, 0.25) is 0 Å². The van der Waals surface area contributed by atoms with Crippen LogP contribution in [0.4, 0.5) is 0 Å². The van der Waals surface area contributed by atoms with E-state index in [4.69, 9.17) is 17.3 Å². The van der Waals surface area contributed by atoms with Crippen molar-refractivity contribution in [3.05, 3.63) is 34.9 Å². The summed E-state index contributed by atoms with van der Waals surface area (Å²) in [5.41, 5.74) is 9.25. The number of imidazole rings is 1. The van der Waals surface area contributed by atoms with Gasteiger partial charge in [-0.25, -0.2) is 4.98 Å². The number of aromatic nitrogens is 2. The van der Waals surface area contributed by atoms with E-state index >= 15 is 0 Å². The lowest BCUT2D eigenvalue weighted by Gasteiger charge is -2.18. The van der Waals surface area contributed by atoms with E-state index in [0.29, 0.717) is 0 Å². The highest BCUT2D eigenvalue weighted by molar-refractivity contribution is 6.31. The van der Waals surface area contributed by atoms with Crippen LogP contribution in [0.3, 0.4) is 0 Å². The first kappa shape index (κ1) is 8.26. The largest absolute Gasteiger partial charge is 0.323 e. The fraction of sp³-hybridized carbons (Fsp3) is 0.300. The summed E-state index contributed by atoms with van der Waals surface area (Å²) in [6.45, 7) is 0. The summed E-state index contributed by atoms with van der Waals surface area (Å²) >= 11 is 6.13. The van der Waals surface area contributed by atoms with Crippen LogP contribution >= 0.6 is 11.6 Å². The molecule has 2 N–H and O–H groups in total. The maximum atomic E-state index is 6.13. The van der Waals surface area contributed by atoms with E-state index in [-0.39, 0.29) is 6.04 Å². The number of rotatable bonds is 0. The molecule has 1 aliphatic carbocycles. The van der Waals surface area contributed by atoms with Crippen LogP contribution in [-0.2, 0) is 6.42 Å². The zero-order valence-corrected chi connectivity index (χ0v) is 8.33. The second kappa shape index (κ2) is 2.72. The van der Waals surface area contributed by atoms with Crippen molar-refractivity contribution in [2.75, 3.05) is 0 Å². The van der Waals surface area contributed by atoms with Crippen molar-refractivity contribution >= 4 is 17.1 Å². The lowest BCUT2D eigenvalue weighted by Crippen LogP contribution is -2.16. The second-order valence-corrected chi connectivity index (χ2v) is 4.08. The molecule has 14 heavy (non-hydrogen) atoms. The topological polar surface area (TPSA) is 43.3 Å². The van der Waals surface area contributed by atoms with Crippen LogP contribution in [-0.4, -0.2) is 9.38 Å². The first-order valence-corrected chi connectivity index (χ1v) is 5.04. The highest BCUT2D eigenvalue weighted by Crippen LogP contribution is 2.33. The Morgan fingerprint density at radius 1 is 1.57 bits per heavy atom. The van der Waals surface area contributed by atoms with Crippen molar-refractivity contribution in [3.8, 4) is 0 Å². The van der Waals surface area contributed by atoms with Gasteiger partial charge in [-0.05, 0) is 24.5 Å². The summed E-state index contributed by atoms with van der Waals surface area (Å²) in [5, 5.41) is 0.825. The second-order valence-electron chi connectivity index (χ2n) is 3.67. The minimum Gasteiger partial charge on any atom is -0.323 e. The Morgan fingerprint density at radius 2 is 2.43 bits per heavy atom. The van der Waals surface area contributed by atoms with E-state index < -0.39 is 0 Å². The van der Waals surface area contributed by atoms with E-state index in [2.05, 4.69) is 4.98 Å². The van der Waals surface area contributed by atoms with Gasteiger partial charge < -0.3 is 10.1 Å². The SMILES string of the molecule is NC1CCc2c(Cl)ccn3cnc1c23. The van der Waals surface area contributed by atoms with Crippen LogP contribution in [0.15, 0.2) is 18.6 Å². The van der Waals surface area contributed by atoms with Crippen molar-refractivity contribution in [2.24, 2.45) is 5.73 Å². The Kier molecular flexibility index (Phi) is 1.60. The number of pyridine rings is 1. The third-order valence-corrected chi connectivity index (χ3v) is 3.19. The van der Waals surface area contributed by atoms with Gasteiger partial charge in [0.25, 0.3) is 0 Å². The van der Waals surface area contributed by atoms with E-state index in [1.54, 1.807) is 6.33 Å². The number of nitrogens with two attached hydrogens (primary N) is 1. The number of hydrogen-bond donors (Lipinski definition) is 1. The molecular weight excluding hydrogens is 198 g/mol. The molecule has 1 aliphatic rings. The van der Waals surface area contributed by atoms with Crippen molar-refractivity contribution in [1.29, 1.82) is 0 Å². The average Bonchev–Trinajstić information content (AvgIpc) is 2.60. The molecule has 0 fully saturated rings. The van der Waals surface area contributed by atoms with E-state index in [0.717, 1.165) is 29.1 Å². The van der Waals surface area contributed by atoms with E-state index in [1.165, 1.54) is 5.56 Å². The zero-order chi connectivity index (χ0) is 9.71. The van der Waals surface area contributed by atoms with Gasteiger partial charge in [-0.15, -0.1) is 0 Å². The molecule has 2 aromatic heterocycles. The molecule has 3 nitrogen and oxygen atoms in total. The molecule has 3 rings (SSSR count). The molecular formula is C10H10ClN3. The van der Waals surface area contributed by atoms with Crippen LogP contribution < -0.4 is 5.73 Å². The Bertz CT molecular complexity index is 503. The molecule has 0 saturated carbocycles. The molecule has 1 atom stereocenters. The first-order chi connectivity index (χ1) is 6.77. The van der Waals surface area contributed by atoms with Crippen molar-refractivity contribution in [1.82, 2.24) is 9.38 Å². The fourth-order valence-electron chi connectivity index (χ4n) is 2.10. The highest BCUT2D eigenvalue weighted by atomic mass is 35.5. The molecule has 1 unspecified atom stereocenters. The maximum Gasteiger partial charge on any atom is 0.0996 e. The smallest absolute Gasteiger partial charge is 0.0996 e. The van der Waals surface area contributed by atoms with Crippen LogP contribution in [0.2, 0.25) is 5.02 Å². The van der Waals surface area contributed by atoms with Gasteiger partial charge in [0.15, 0.2) is 0 Å². The van der Waals surface area contributed by atoms with E-state index in [1.807, 2.05) is 16.7 Å². The maximum absolute atomic E-state index is 6.13. The summed E-state index contributed by atoms with van der Waals surface area (Å²) in [7, 11) is 0. The quantitative estimate of drug-likeness (QED) is 0.718. The first-order valence-electron chi connectivity index (χ1n) is 4.67. The standard InChI is InChI=1S/C10H10ClN3/c11-7-3-4-14-5-13-9-8(12)2-1-6(7)10(9)14/h3-5,8H,1-2,12H2. The van der Waals surface area contributed by atoms with Gasteiger partial charge in [0, 0.05) is 17.3 Å². The fourth-order valence-corrected chi connectivity index (χ4v) is 2.34. The molecule has 0 aliphatic heterocycles. The Labute approximate surface area is 86.5 Å². The van der Waals surface area contributed by atoms with Gasteiger partial charge in [0.1, 0.15) is 0 Å². The molecule has 4 heteroatoms. The van der Waals surface area contributed by atoms with Gasteiger partial charge in [-0.3, -0.25) is 0 Å². The van der Waals surface area contributed by atoms with Crippen LogP contribution in [0, 0.1) is 0 Å². The minimum absolute atomic E-state index is 0.0611. The molecule has 2 heterocycles. The zero-order valence-electron chi connectivity index (χ0n) is 7.57. The molecule has 0 saturated heterocycles. The number of hydrogen-bond acceptors (Lipinski definition) is 2. The third kappa shape index (κ3) is 0.938. The van der Waals surface area contributed by atoms with Crippen molar-refractivity contribution < 1.29 is 0 Å². The van der Waals surface area contributed by atoms with Gasteiger partial charge >= 0.3 is 0 Å². The van der Waals surface area contributed by atoms with Crippen molar-refractivity contribution in [2.45, 2.75) is 18.9 Å². The lowest BCUT2D eigenvalue weighted by molar-refractivity contribution is 0.627. The molecule has 2 aromatic rings. The van der Waals surface area contributed by atoms with Gasteiger partial charge in [0.05, 0.1) is 17.5 Å². The Balaban J connectivity index is 2.46. The van der Waals surface area contributed by atoms with Crippen molar-refractivity contribution in [3.63, 3.8) is 0 Å². The molecule has 0 spiro atoms. The summed E-state index contributed by atoms with van der Waals surface area (Å²) in [5.74, 6) is 0. The molecule has 72 valence electrons. The van der Waals surface area contributed by atoms with Gasteiger partial charge in [-0.2, -0.15) is 0 Å². The summed E-state index contributed by atoms with van der Waals surface area (Å²) in [6, 6.07) is 1.97. The number of aryl methyl sites for hydroxylation is 1. The predicted molar refractivity (Wildman–Crippen MR) is 55.5 cm³/mol. The number of halogens is 1. The van der Waals surface area contributed by atoms with E-state index in [9.17, 15) is 0 Å². The molecule has 0 radical (unpaired) electrons. The normalized spacial score (nSPS) is 20.3. The van der Waals surface area contributed by atoms with Crippen LogP contribution in [0.1, 0.15) is 23.7 Å². The molecule has 0 aromatic carbocycles. The Morgan fingerprint density at radius 3 is 3.29 bits per heavy atom. The average molecular weight is 208 g/mol. The monoisotopic (exact) mass is 207 g/mol. The van der Waals surface area contributed by atoms with Crippen LogP contribution in [0.25, 0.3) is 5.52 Å². The summed E-state index contributed by atoms with van der Waals surface area (Å²) in [4.78, 5) is 4.33. The van der Waals surface area contributed by atoms with Crippen LogP contribution in [0.5, 0.6) is 0 Å². The minimum atomic E-state index is 0.0611. The summed E-state index contributed by atoms with van der Waals surface area (Å²) in [6.07, 6.45) is 5.61. The highest BCUT2D eigenvalue weighted by Gasteiger charge is 2.22. The van der Waals surface area contributed by atoms with Gasteiger partial charge in [-0.1, -0.05) is 11.6 Å². The number of nitrogens with zero attached hydrogens (tertiary/aromatic N) is 2. The summed E-state index contributed by atoms with van der Waals surface area (Å²) < 4.78 is 2.00. The Hall–Kier alpha value is -1.06. The predicted octanol–water partition coefficient (Wildman–Crippen LogP) is 1.93. The lowest BCUT2D eigenvalue weighted by atomic mass is 9.95.